The summed E-state index contributed by atoms with van der Waals surface area (Å²) in [7, 11) is -1.69. The summed E-state index contributed by atoms with van der Waals surface area (Å²) >= 11 is 0. The van der Waals surface area contributed by atoms with Crippen LogP contribution in [0.3, 0.4) is 0 Å². The Morgan fingerprint density at radius 3 is 2.90 bits per heavy atom. The first kappa shape index (κ1) is 20.3. The maximum Gasteiger partial charge on any atom is 0.475 e. The van der Waals surface area contributed by atoms with E-state index in [0.29, 0.717) is 19.8 Å². The summed E-state index contributed by atoms with van der Waals surface area (Å²) < 4.78 is 17.1. The topological polar surface area (TPSA) is 101 Å². The van der Waals surface area contributed by atoms with Gasteiger partial charge in [-0.3, -0.25) is 4.79 Å². The molecule has 0 radical (unpaired) electrons. The Kier molecular flexibility index (Phi) is 5.31. The molecule has 1 fully saturated rings. The van der Waals surface area contributed by atoms with Gasteiger partial charge >= 0.3 is 7.12 Å². The lowest BCUT2D eigenvalue weighted by Gasteiger charge is -2.21. The number of furan rings is 1. The quantitative estimate of drug-likeness (QED) is 0.526. The average Bonchev–Trinajstić information content (AvgIpc) is 3.48. The van der Waals surface area contributed by atoms with Crippen molar-refractivity contribution >= 4 is 24.0 Å². The van der Waals surface area contributed by atoms with Crippen molar-refractivity contribution in [2.24, 2.45) is 0 Å². The highest BCUT2D eigenvalue weighted by molar-refractivity contribution is 6.43. The minimum atomic E-state index is -1.69. The van der Waals surface area contributed by atoms with Crippen LogP contribution >= 0.6 is 0 Å². The maximum atomic E-state index is 12.7. The van der Waals surface area contributed by atoms with E-state index in [2.05, 4.69) is 5.32 Å². The molecule has 7 nitrogen and oxygen atoms in total. The zero-order valence-corrected chi connectivity index (χ0v) is 17.0. The highest BCUT2D eigenvalue weighted by Crippen LogP contribution is 2.42. The Bertz CT molecular complexity index is 1100. The van der Waals surface area contributed by atoms with E-state index in [0.717, 1.165) is 39.6 Å². The number of fused-ring (bicyclic) bond motifs is 3. The maximum absolute atomic E-state index is 12.7. The number of rotatable bonds is 6. The van der Waals surface area contributed by atoms with Gasteiger partial charge in [-0.05, 0) is 34.7 Å². The molecule has 5 rings (SSSR count). The molecule has 0 saturated carbocycles. The third kappa shape index (κ3) is 3.88. The molecule has 8 heteroatoms. The number of carbonyl (C=O) groups is 1. The number of para-hydroxylation sites is 1. The lowest BCUT2D eigenvalue weighted by Crippen LogP contribution is -2.48. The molecule has 2 aliphatic rings. The van der Waals surface area contributed by atoms with Gasteiger partial charge in [0.1, 0.15) is 11.2 Å². The third-order valence-corrected chi connectivity index (χ3v) is 6.22. The van der Waals surface area contributed by atoms with Crippen LogP contribution in [0.1, 0.15) is 28.7 Å². The average molecular weight is 421 g/mol. The summed E-state index contributed by atoms with van der Waals surface area (Å²) in [6.07, 6.45) is 2.83. The van der Waals surface area contributed by atoms with E-state index in [-0.39, 0.29) is 24.3 Å². The Hall–Kier alpha value is -2.65. The van der Waals surface area contributed by atoms with Crippen molar-refractivity contribution < 1.29 is 28.7 Å². The van der Waals surface area contributed by atoms with E-state index < -0.39 is 13.1 Å². The van der Waals surface area contributed by atoms with E-state index in [4.69, 9.17) is 13.9 Å². The lowest BCUT2D eigenvalue weighted by molar-refractivity contribution is -0.120. The number of benzene rings is 2. The lowest BCUT2D eigenvalue weighted by atomic mass is 9.75. The van der Waals surface area contributed by atoms with Crippen molar-refractivity contribution in [2.45, 2.75) is 37.4 Å². The van der Waals surface area contributed by atoms with Crippen LogP contribution in [0.4, 0.5) is 0 Å². The second-order valence-corrected chi connectivity index (χ2v) is 8.30. The van der Waals surface area contributed by atoms with Crippen molar-refractivity contribution in [1.29, 1.82) is 0 Å². The molecule has 0 aliphatic carbocycles. The minimum Gasteiger partial charge on any atom is -0.464 e. The predicted molar refractivity (Wildman–Crippen MR) is 114 cm³/mol. The first-order valence-corrected chi connectivity index (χ1v) is 10.5. The summed E-state index contributed by atoms with van der Waals surface area (Å²) in [5.74, 6) is -1.12. The van der Waals surface area contributed by atoms with Crippen molar-refractivity contribution in [1.82, 2.24) is 5.32 Å². The number of amides is 1. The third-order valence-electron chi connectivity index (χ3n) is 6.22. The van der Waals surface area contributed by atoms with Crippen LogP contribution in [0.2, 0.25) is 0 Å². The van der Waals surface area contributed by atoms with Gasteiger partial charge in [0.15, 0.2) is 0 Å². The molecule has 1 saturated heterocycles. The van der Waals surface area contributed by atoms with Gasteiger partial charge in [0, 0.05) is 18.4 Å². The standard InChI is InChI=1S/C23H24BNO6/c26-22(10-15-5-6-19-17(9-15)13-31-23(19)7-8-29-14-23)25-21(24(27)28)11-16-12-30-20-4-2-1-3-18(16)20/h1-6,9,12,21,27-28H,7-8,10-11,13-14H2,(H,25,26)/t21-,23?/m0/s1. The smallest absolute Gasteiger partial charge is 0.464 e. The predicted octanol–water partition coefficient (Wildman–Crippen LogP) is 1.86. The first-order valence-electron chi connectivity index (χ1n) is 10.5. The number of carbonyl (C=O) groups excluding carboxylic acids is 1. The molecule has 1 amide bonds. The summed E-state index contributed by atoms with van der Waals surface area (Å²) in [6.45, 7) is 1.78. The Labute approximate surface area is 180 Å². The van der Waals surface area contributed by atoms with E-state index in [9.17, 15) is 14.8 Å². The van der Waals surface area contributed by atoms with Crippen LogP contribution in [-0.4, -0.2) is 42.2 Å². The molecule has 31 heavy (non-hydrogen) atoms. The van der Waals surface area contributed by atoms with E-state index in [1.165, 1.54) is 0 Å². The van der Waals surface area contributed by atoms with Crippen LogP contribution in [-0.2, 0) is 39.3 Å². The number of nitrogens with one attached hydrogen (secondary N) is 1. The largest absolute Gasteiger partial charge is 0.475 e. The van der Waals surface area contributed by atoms with Gasteiger partial charge in [0.05, 0.1) is 31.8 Å². The molecule has 2 aliphatic heterocycles. The fourth-order valence-corrected chi connectivity index (χ4v) is 4.59. The van der Waals surface area contributed by atoms with Crippen molar-refractivity contribution in [3.8, 4) is 0 Å². The zero-order valence-electron chi connectivity index (χ0n) is 17.0. The summed E-state index contributed by atoms with van der Waals surface area (Å²) in [6, 6.07) is 13.5. The molecule has 2 atom stereocenters. The molecule has 1 aromatic heterocycles. The Morgan fingerprint density at radius 1 is 1.23 bits per heavy atom. The van der Waals surface area contributed by atoms with Crippen LogP contribution < -0.4 is 5.32 Å². The molecular weight excluding hydrogens is 397 g/mol. The van der Waals surface area contributed by atoms with Crippen LogP contribution in [0.25, 0.3) is 11.0 Å². The van der Waals surface area contributed by atoms with Gasteiger partial charge in [-0.15, -0.1) is 0 Å². The second-order valence-electron chi connectivity index (χ2n) is 8.30. The van der Waals surface area contributed by atoms with Crippen LogP contribution in [0.5, 0.6) is 0 Å². The molecule has 2 aromatic carbocycles. The minimum absolute atomic E-state index is 0.145. The molecular formula is C23H24BNO6. The second kappa shape index (κ2) is 8.13. The van der Waals surface area contributed by atoms with Gasteiger partial charge in [-0.25, -0.2) is 0 Å². The van der Waals surface area contributed by atoms with Gasteiger partial charge < -0.3 is 29.3 Å². The molecule has 1 spiro atoms. The summed E-state index contributed by atoms with van der Waals surface area (Å²) in [5, 5.41) is 23.3. The van der Waals surface area contributed by atoms with Crippen molar-refractivity contribution in [3.63, 3.8) is 0 Å². The molecule has 160 valence electrons. The summed E-state index contributed by atoms with van der Waals surface area (Å²) in [5.41, 5.74) is 4.28. The van der Waals surface area contributed by atoms with Crippen molar-refractivity contribution in [2.75, 3.05) is 13.2 Å². The molecule has 3 heterocycles. The van der Waals surface area contributed by atoms with Gasteiger partial charge in [0.2, 0.25) is 5.91 Å². The van der Waals surface area contributed by atoms with Gasteiger partial charge in [0.25, 0.3) is 0 Å². The fourth-order valence-electron chi connectivity index (χ4n) is 4.59. The first-order chi connectivity index (χ1) is 15.0. The molecule has 0 bridgehead atoms. The van der Waals surface area contributed by atoms with Gasteiger partial charge in [-0.1, -0.05) is 36.4 Å². The monoisotopic (exact) mass is 421 g/mol. The van der Waals surface area contributed by atoms with Crippen LogP contribution in [0.15, 0.2) is 53.1 Å². The summed E-state index contributed by atoms with van der Waals surface area (Å²) in [4.78, 5) is 12.7. The normalized spacial score (nSPS) is 20.8. The fraction of sp³-hybridized carbons (Fsp3) is 0.348. The highest BCUT2D eigenvalue weighted by atomic mass is 16.6. The van der Waals surface area contributed by atoms with E-state index in [1.807, 2.05) is 42.5 Å². The molecule has 1 unspecified atom stereocenters. The number of hydrogen-bond acceptors (Lipinski definition) is 6. The Balaban J connectivity index is 1.27. The van der Waals surface area contributed by atoms with Gasteiger partial charge in [-0.2, -0.15) is 0 Å². The van der Waals surface area contributed by atoms with Crippen molar-refractivity contribution in [3.05, 3.63) is 71.0 Å². The molecule has 3 aromatic rings. The van der Waals surface area contributed by atoms with Crippen LogP contribution in [0, 0.1) is 0 Å². The van der Waals surface area contributed by atoms with E-state index >= 15 is 0 Å². The molecule has 3 N–H and O–H groups in total. The number of hydrogen-bond donors (Lipinski definition) is 3. The highest BCUT2D eigenvalue weighted by Gasteiger charge is 2.43. The van der Waals surface area contributed by atoms with E-state index in [1.54, 1.807) is 6.26 Å². The number of ether oxygens (including phenoxy) is 2. The Morgan fingerprint density at radius 2 is 2.10 bits per heavy atom. The SMILES string of the molecule is O=C(Cc1ccc2c(c1)COC21CCOC1)N[C@@H](Cc1coc2ccccc12)B(O)O. The zero-order chi connectivity index (χ0) is 21.4.